The van der Waals surface area contributed by atoms with Gasteiger partial charge in [0.05, 0.1) is 18.3 Å². The molecular weight excluding hydrogens is 232 g/mol. The summed E-state index contributed by atoms with van der Waals surface area (Å²) >= 11 is 0. The summed E-state index contributed by atoms with van der Waals surface area (Å²) in [6, 6.07) is 1.99. The van der Waals surface area contributed by atoms with Gasteiger partial charge in [0.1, 0.15) is 5.82 Å². The first kappa shape index (κ1) is 13.0. The van der Waals surface area contributed by atoms with Crippen molar-refractivity contribution in [1.82, 2.24) is 14.7 Å². The minimum Gasteiger partial charge on any atom is -0.388 e. The summed E-state index contributed by atoms with van der Waals surface area (Å²) in [5.41, 5.74) is -0.639. The molecule has 0 aliphatic carbocycles. The second-order valence-corrected chi connectivity index (χ2v) is 5.45. The van der Waals surface area contributed by atoms with Gasteiger partial charge in [0.25, 0.3) is 0 Å². The molecule has 1 fully saturated rings. The van der Waals surface area contributed by atoms with E-state index >= 15 is 0 Å². The monoisotopic (exact) mass is 252 g/mol. The van der Waals surface area contributed by atoms with E-state index in [1.165, 1.54) is 0 Å². The molecule has 1 saturated heterocycles. The first-order chi connectivity index (χ1) is 8.37. The van der Waals surface area contributed by atoms with Crippen LogP contribution < -0.4 is 5.32 Å². The van der Waals surface area contributed by atoms with Crippen LogP contribution in [0.2, 0.25) is 0 Å². The average Bonchev–Trinajstić information content (AvgIpc) is 2.62. The van der Waals surface area contributed by atoms with Crippen LogP contribution in [-0.4, -0.2) is 50.9 Å². The zero-order valence-corrected chi connectivity index (χ0v) is 11.1. The molecule has 0 bridgehead atoms. The Balaban J connectivity index is 1.86. The van der Waals surface area contributed by atoms with Crippen LogP contribution in [0, 0.1) is 0 Å². The number of carbonyl (C=O) groups excluding carboxylic acids is 1. The van der Waals surface area contributed by atoms with E-state index in [2.05, 4.69) is 10.4 Å². The number of aliphatic hydroxyl groups is 1. The zero-order valence-electron chi connectivity index (χ0n) is 11.1. The van der Waals surface area contributed by atoms with Crippen molar-refractivity contribution in [2.75, 3.05) is 25.0 Å². The second kappa shape index (κ2) is 4.70. The Hall–Kier alpha value is -1.40. The molecule has 2 heterocycles. The number of rotatable bonds is 4. The molecule has 0 saturated carbocycles. The standard InChI is InChI=1S/C12H20N4O2/c1-9(2)16-10(4-5-13-16)14-11(17)6-15-7-12(3,18)8-15/h4-5,9,18H,6-8H2,1-3H3,(H,14,17). The van der Waals surface area contributed by atoms with E-state index in [1.807, 2.05) is 18.7 Å². The van der Waals surface area contributed by atoms with Gasteiger partial charge in [-0.1, -0.05) is 0 Å². The predicted molar refractivity (Wildman–Crippen MR) is 68.3 cm³/mol. The van der Waals surface area contributed by atoms with Gasteiger partial charge < -0.3 is 10.4 Å². The molecule has 1 amide bonds. The summed E-state index contributed by atoms with van der Waals surface area (Å²) in [4.78, 5) is 13.7. The molecule has 0 atom stereocenters. The maximum atomic E-state index is 11.8. The summed E-state index contributed by atoms with van der Waals surface area (Å²) in [6.07, 6.45) is 1.67. The van der Waals surface area contributed by atoms with Crippen molar-refractivity contribution in [2.24, 2.45) is 0 Å². The SMILES string of the molecule is CC(C)n1nccc1NC(=O)CN1CC(C)(O)C1. The van der Waals surface area contributed by atoms with E-state index < -0.39 is 5.60 Å². The topological polar surface area (TPSA) is 70.4 Å². The Kier molecular flexibility index (Phi) is 3.41. The predicted octanol–water partition coefficient (Wildman–Crippen LogP) is 0.469. The van der Waals surface area contributed by atoms with E-state index in [0.29, 0.717) is 25.5 Å². The Morgan fingerprint density at radius 2 is 2.28 bits per heavy atom. The number of aromatic nitrogens is 2. The Bertz CT molecular complexity index is 431. The van der Waals surface area contributed by atoms with Crippen LogP contribution >= 0.6 is 0 Å². The van der Waals surface area contributed by atoms with Crippen molar-refractivity contribution in [3.05, 3.63) is 12.3 Å². The Morgan fingerprint density at radius 3 is 2.83 bits per heavy atom. The Morgan fingerprint density at radius 1 is 1.61 bits per heavy atom. The molecule has 6 nitrogen and oxygen atoms in total. The highest BCUT2D eigenvalue weighted by Gasteiger charge is 2.37. The molecule has 1 aromatic heterocycles. The molecule has 0 radical (unpaired) electrons. The van der Waals surface area contributed by atoms with Crippen LogP contribution in [0.15, 0.2) is 12.3 Å². The van der Waals surface area contributed by atoms with E-state index in [1.54, 1.807) is 23.9 Å². The maximum absolute atomic E-state index is 11.8. The van der Waals surface area contributed by atoms with Crippen molar-refractivity contribution < 1.29 is 9.90 Å². The number of likely N-dealkylation sites (tertiary alicyclic amines) is 1. The summed E-state index contributed by atoms with van der Waals surface area (Å²) in [7, 11) is 0. The number of carbonyl (C=O) groups is 1. The number of anilines is 1. The molecule has 2 rings (SSSR count). The molecular formula is C12H20N4O2. The van der Waals surface area contributed by atoms with Gasteiger partial charge in [-0.2, -0.15) is 5.10 Å². The third kappa shape index (κ3) is 2.88. The molecule has 0 unspecified atom stereocenters. The molecule has 2 N–H and O–H groups in total. The largest absolute Gasteiger partial charge is 0.388 e. The first-order valence-corrected chi connectivity index (χ1v) is 6.15. The molecule has 1 aliphatic heterocycles. The number of β-amino-alcohol motifs (C(OH)–C–C–N with tert-alkyl or cyclic N) is 1. The lowest BCUT2D eigenvalue weighted by Gasteiger charge is -2.43. The van der Waals surface area contributed by atoms with Gasteiger partial charge in [-0.3, -0.25) is 9.69 Å². The molecule has 1 aromatic rings. The second-order valence-electron chi connectivity index (χ2n) is 5.45. The molecule has 0 spiro atoms. The van der Waals surface area contributed by atoms with Crippen molar-refractivity contribution in [3.8, 4) is 0 Å². The van der Waals surface area contributed by atoms with E-state index in [4.69, 9.17) is 0 Å². The van der Waals surface area contributed by atoms with E-state index in [-0.39, 0.29) is 11.9 Å². The van der Waals surface area contributed by atoms with Crippen LogP contribution in [0.3, 0.4) is 0 Å². The smallest absolute Gasteiger partial charge is 0.239 e. The number of nitrogens with zero attached hydrogens (tertiary/aromatic N) is 3. The van der Waals surface area contributed by atoms with Gasteiger partial charge in [0.15, 0.2) is 0 Å². The van der Waals surface area contributed by atoms with Crippen LogP contribution in [0.25, 0.3) is 0 Å². The number of amides is 1. The van der Waals surface area contributed by atoms with Crippen molar-refractivity contribution >= 4 is 11.7 Å². The summed E-state index contributed by atoms with van der Waals surface area (Å²) in [6.45, 7) is 7.19. The fourth-order valence-electron chi connectivity index (χ4n) is 2.24. The van der Waals surface area contributed by atoms with E-state index in [0.717, 1.165) is 0 Å². The van der Waals surface area contributed by atoms with E-state index in [9.17, 15) is 9.90 Å². The van der Waals surface area contributed by atoms with Crippen molar-refractivity contribution in [2.45, 2.75) is 32.4 Å². The van der Waals surface area contributed by atoms with Gasteiger partial charge in [-0.25, -0.2) is 4.68 Å². The Labute approximate surface area is 107 Å². The zero-order chi connectivity index (χ0) is 13.3. The van der Waals surface area contributed by atoms with Crippen LogP contribution in [0.1, 0.15) is 26.8 Å². The highest BCUT2D eigenvalue weighted by molar-refractivity contribution is 5.91. The van der Waals surface area contributed by atoms with Gasteiger partial charge >= 0.3 is 0 Å². The third-order valence-electron chi connectivity index (χ3n) is 2.92. The number of hydrogen-bond donors (Lipinski definition) is 2. The maximum Gasteiger partial charge on any atom is 0.239 e. The average molecular weight is 252 g/mol. The highest BCUT2D eigenvalue weighted by atomic mass is 16.3. The summed E-state index contributed by atoms with van der Waals surface area (Å²) in [5.74, 6) is 0.634. The number of hydrogen-bond acceptors (Lipinski definition) is 4. The van der Waals surface area contributed by atoms with Gasteiger partial charge in [-0.05, 0) is 20.8 Å². The van der Waals surface area contributed by atoms with Crippen LogP contribution in [0.4, 0.5) is 5.82 Å². The van der Waals surface area contributed by atoms with Crippen molar-refractivity contribution in [1.29, 1.82) is 0 Å². The van der Waals surface area contributed by atoms with Crippen LogP contribution in [0.5, 0.6) is 0 Å². The fourth-order valence-corrected chi connectivity index (χ4v) is 2.24. The fraction of sp³-hybridized carbons (Fsp3) is 0.667. The number of nitrogens with one attached hydrogen (secondary N) is 1. The van der Waals surface area contributed by atoms with Gasteiger partial charge in [-0.15, -0.1) is 0 Å². The summed E-state index contributed by atoms with van der Waals surface area (Å²) < 4.78 is 1.77. The summed E-state index contributed by atoms with van der Waals surface area (Å²) in [5, 5.41) is 16.6. The lowest BCUT2D eigenvalue weighted by atomic mass is 9.97. The third-order valence-corrected chi connectivity index (χ3v) is 2.92. The lowest BCUT2D eigenvalue weighted by molar-refractivity contribution is -0.125. The minimum atomic E-state index is -0.639. The van der Waals surface area contributed by atoms with Gasteiger partial charge in [0.2, 0.25) is 5.91 Å². The molecule has 0 aromatic carbocycles. The molecule has 100 valence electrons. The quantitative estimate of drug-likeness (QED) is 0.817. The molecule has 18 heavy (non-hydrogen) atoms. The van der Waals surface area contributed by atoms with Crippen molar-refractivity contribution in [3.63, 3.8) is 0 Å². The lowest BCUT2D eigenvalue weighted by Crippen LogP contribution is -2.61. The van der Waals surface area contributed by atoms with Gasteiger partial charge in [0, 0.05) is 25.2 Å². The minimum absolute atomic E-state index is 0.0760. The normalized spacial score (nSPS) is 18.7. The first-order valence-electron chi connectivity index (χ1n) is 6.15. The highest BCUT2D eigenvalue weighted by Crippen LogP contribution is 2.19. The van der Waals surface area contributed by atoms with Crippen LogP contribution in [-0.2, 0) is 4.79 Å². The molecule has 6 heteroatoms. The molecule has 1 aliphatic rings.